The van der Waals surface area contributed by atoms with Crippen LogP contribution in [0.4, 0.5) is 5.69 Å². The van der Waals surface area contributed by atoms with Gasteiger partial charge in [0.25, 0.3) is 0 Å². The van der Waals surface area contributed by atoms with Crippen LogP contribution in [0.5, 0.6) is 5.75 Å². The molecule has 3 nitrogen and oxygen atoms in total. The highest BCUT2D eigenvalue weighted by molar-refractivity contribution is 5.75. The number of phenolic OH excluding ortho intramolecular Hbond substituents is 1. The largest absolute Gasteiger partial charge is 0.508 e. The number of H-pyrrole nitrogens is 1. The van der Waals surface area contributed by atoms with Crippen LogP contribution in [0.3, 0.4) is 0 Å². The van der Waals surface area contributed by atoms with Crippen LogP contribution >= 0.6 is 0 Å². The Kier molecular flexibility index (Phi) is 1.70. The van der Waals surface area contributed by atoms with Crippen molar-refractivity contribution in [3.05, 3.63) is 36.7 Å². The van der Waals surface area contributed by atoms with Crippen molar-refractivity contribution < 1.29 is 5.11 Å². The molecule has 0 aliphatic heterocycles. The number of phenols is 1. The minimum Gasteiger partial charge on any atom is -0.508 e. The van der Waals surface area contributed by atoms with Gasteiger partial charge in [-0.25, -0.2) is 0 Å². The van der Waals surface area contributed by atoms with Crippen LogP contribution in [0.1, 0.15) is 0 Å². The van der Waals surface area contributed by atoms with E-state index in [0.29, 0.717) is 5.69 Å². The van der Waals surface area contributed by atoms with Crippen LogP contribution in [0.2, 0.25) is 0 Å². The molecule has 4 N–H and O–H groups in total. The molecular weight excluding hydrogens is 164 g/mol. The predicted octanol–water partition coefficient (Wildman–Crippen LogP) is 1.97. The Hall–Kier alpha value is -1.90. The Morgan fingerprint density at radius 2 is 1.77 bits per heavy atom. The maximum Gasteiger partial charge on any atom is 0.115 e. The molecule has 1 aromatic heterocycles. The van der Waals surface area contributed by atoms with E-state index in [1.807, 2.05) is 18.3 Å². The van der Waals surface area contributed by atoms with E-state index < -0.39 is 0 Å². The number of aromatic nitrogens is 1. The lowest BCUT2D eigenvalue weighted by Gasteiger charge is -1.99. The van der Waals surface area contributed by atoms with Crippen molar-refractivity contribution in [3.63, 3.8) is 0 Å². The second-order valence-corrected chi connectivity index (χ2v) is 2.87. The summed E-state index contributed by atoms with van der Waals surface area (Å²) in [5, 5.41) is 9.08. The molecule has 1 aromatic carbocycles. The smallest absolute Gasteiger partial charge is 0.115 e. The monoisotopic (exact) mass is 174 g/mol. The third kappa shape index (κ3) is 1.36. The number of hydrogen-bond acceptors (Lipinski definition) is 2. The third-order valence-electron chi connectivity index (χ3n) is 1.96. The van der Waals surface area contributed by atoms with Crippen LogP contribution in [0.25, 0.3) is 11.1 Å². The highest BCUT2D eigenvalue weighted by Crippen LogP contribution is 2.26. The fraction of sp³-hybridized carbons (Fsp3) is 0. The lowest BCUT2D eigenvalue weighted by molar-refractivity contribution is 0.475. The molecule has 3 heteroatoms. The van der Waals surface area contributed by atoms with E-state index in [4.69, 9.17) is 10.8 Å². The van der Waals surface area contributed by atoms with E-state index >= 15 is 0 Å². The summed E-state index contributed by atoms with van der Waals surface area (Å²) in [6, 6.07) is 6.94. The van der Waals surface area contributed by atoms with Crippen molar-refractivity contribution in [2.45, 2.75) is 0 Å². The Balaban J connectivity index is 2.47. The zero-order valence-corrected chi connectivity index (χ0v) is 6.99. The first kappa shape index (κ1) is 7.73. The van der Waals surface area contributed by atoms with Gasteiger partial charge in [-0.05, 0) is 17.7 Å². The summed E-state index contributed by atoms with van der Waals surface area (Å²) >= 11 is 0. The van der Waals surface area contributed by atoms with Crippen molar-refractivity contribution in [1.82, 2.24) is 4.98 Å². The van der Waals surface area contributed by atoms with Crippen LogP contribution in [0.15, 0.2) is 36.7 Å². The molecule has 0 aliphatic rings. The molecule has 0 radical (unpaired) electrons. The Morgan fingerprint density at radius 1 is 1.08 bits per heavy atom. The quantitative estimate of drug-likeness (QED) is 0.619. The summed E-state index contributed by atoms with van der Waals surface area (Å²) in [4.78, 5) is 2.92. The minimum atomic E-state index is 0.262. The van der Waals surface area contributed by atoms with Crippen molar-refractivity contribution in [3.8, 4) is 16.9 Å². The number of nitrogen functional groups attached to an aromatic ring is 1. The lowest BCUT2D eigenvalue weighted by atomic mass is 10.1. The van der Waals surface area contributed by atoms with Crippen molar-refractivity contribution >= 4 is 5.69 Å². The Bertz CT molecular complexity index is 403. The predicted molar refractivity (Wildman–Crippen MR) is 52.3 cm³/mol. The molecule has 0 aliphatic carbocycles. The molecule has 0 unspecified atom stereocenters. The van der Waals surface area contributed by atoms with Gasteiger partial charge in [0.2, 0.25) is 0 Å². The van der Waals surface area contributed by atoms with E-state index in [0.717, 1.165) is 11.1 Å². The summed E-state index contributed by atoms with van der Waals surface area (Å²) in [6.07, 6.45) is 3.57. The van der Waals surface area contributed by atoms with Crippen LogP contribution < -0.4 is 5.73 Å². The molecule has 0 saturated carbocycles. The Morgan fingerprint density at radius 3 is 2.31 bits per heavy atom. The van der Waals surface area contributed by atoms with Gasteiger partial charge in [0.1, 0.15) is 5.75 Å². The molecule has 2 rings (SSSR count). The molecule has 13 heavy (non-hydrogen) atoms. The summed E-state index contributed by atoms with van der Waals surface area (Å²) in [7, 11) is 0. The number of benzene rings is 1. The number of nitrogens with two attached hydrogens (primary N) is 1. The van der Waals surface area contributed by atoms with Gasteiger partial charge in [0.15, 0.2) is 0 Å². The molecule has 2 aromatic rings. The maximum absolute atomic E-state index is 9.08. The van der Waals surface area contributed by atoms with Crippen molar-refractivity contribution in [1.29, 1.82) is 0 Å². The average molecular weight is 174 g/mol. The van der Waals surface area contributed by atoms with E-state index in [2.05, 4.69) is 4.98 Å². The molecule has 1 heterocycles. The fourth-order valence-corrected chi connectivity index (χ4v) is 1.27. The number of hydrogen-bond donors (Lipinski definition) is 3. The first-order valence-electron chi connectivity index (χ1n) is 3.99. The first-order valence-corrected chi connectivity index (χ1v) is 3.99. The van der Waals surface area contributed by atoms with Gasteiger partial charge in [0, 0.05) is 18.0 Å². The van der Waals surface area contributed by atoms with Crippen LogP contribution in [-0.4, -0.2) is 10.1 Å². The maximum atomic E-state index is 9.08. The van der Waals surface area contributed by atoms with E-state index in [1.165, 1.54) is 0 Å². The molecule has 0 bridgehead atoms. The molecular formula is C10H10N2O. The van der Waals surface area contributed by atoms with Gasteiger partial charge < -0.3 is 15.8 Å². The summed E-state index contributed by atoms with van der Waals surface area (Å²) < 4.78 is 0. The van der Waals surface area contributed by atoms with Crippen LogP contribution in [0, 0.1) is 0 Å². The number of aromatic hydroxyl groups is 1. The number of anilines is 1. The summed E-state index contributed by atoms with van der Waals surface area (Å²) in [6.45, 7) is 0. The van der Waals surface area contributed by atoms with Crippen molar-refractivity contribution in [2.75, 3.05) is 5.73 Å². The van der Waals surface area contributed by atoms with E-state index in [9.17, 15) is 0 Å². The van der Waals surface area contributed by atoms with Gasteiger partial charge in [-0.3, -0.25) is 0 Å². The lowest BCUT2D eigenvalue weighted by Crippen LogP contribution is -1.83. The highest BCUT2D eigenvalue weighted by atomic mass is 16.3. The van der Waals surface area contributed by atoms with Gasteiger partial charge >= 0.3 is 0 Å². The minimum absolute atomic E-state index is 0.262. The van der Waals surface area contributed by atoms with E-state index in [1.54, 1.807) is 18.3 Å². The normalized spacial score (nSPS) is 10.2. The van der Waals surface area contributed by atoms with Gasteiger partial charge in [0.05, 0.1) is 5.69 Å². The zero-order valence-electron chi connectivity index (χ0n) is 6.99. The summed E-state index contributed by atoms with van der Waals surface area (Å²) in [5.41, 5.74) is 8.39. The van der Waals surface area contributed by atoms with E-state index in [-0.39, 0.29) is 5.75 Å². The zero-order chi connectivity index (χ0) is 9.26. The van der Waals surface area contributed by atoms with Gasteiger partial charge in [-0.1, -0.05) is 12.1 Å². The number of nitrogens with one attached hydrogen (secondary N) is 1. The van der Waals surface area contributed by atoms with Gasteiger partial charge in [-0.2, -0.15) is 0 Å². The van der Waals surface area contributed by atoms with Crippen LogP contribution in [-0.2, 0) is 0 Å². The second kappa shape index (κ2) is 2.86. The topological polar surface area (TPSA) is 62.0 Å². The third-order valence-corrected chi connectivity index (χ3v) is 1.96. The first-order chi connectivity index (χ1) is 6.27. The van der Waals surface area contributed by atoms with Crippen molar-refractivity contribution in [2.24, 2.45) is 0 Å². The standard InChI is InChI=1S/C10H10N2O/c11-10-6-12-5-9(10)7-1-3-8(13)4-2-7/h1-6,12-13H,11H2. The Labute approximate surface area is 75.8 Å². The second-order valence-electron chi connectivity index (χ2n) is 2.87. The average Bonchev–Trinajstić information content (AvgIpc) is 2.53. The summed E-state index contributed by atoms with van der Waals surface area (Å²) in [5.74, 6) is 0.262. The van der Waals surface area contributed by atoms with Gasteiger partial charge in [-0.15, -0.1) is 0 Å². The fourth-order valence-electron chi connectivity index (χ4n) is 1.27. The molecule has 66 valence electrons. The SMILES string of the molecule is Nc1c[nH]cc1-c1ccc(O)cc1. The molecule has 0 amide bonds. The molecule has 0 saturated heterocycles. The molecule has 0 fully saturated rings. The molecule has 0 atom stereocenters. The highest BCUT2D eigenvalue weighted by Gasteiger charge is 2.01. The number of rotatable bonds is 1. The molecule has 0 spiro atoms. The number of aromatic amines is 1.